The highest BCUT2D eigenvalue weighted by Crippen LogP contribution is 2.35. The zero-order valence-corrected chi connectivity index (χ0v) is 16.9. The molecule has 1 aliphatic heterocycles. The lowest BCUT2D eigenvalue weighted by Gasteiger charge is -2.35. The summed E-state index contributed by atoms with van der Waals surface area (Å²) in [5, 5.41) is 0. The maximum atomic E-state index is 13.0. The van der Waals surface area contributed by atoms with Crippen molar-refractivity contribution in [2.24, 2.45) is 0 Å². The van der Waals surface area contributed by atoms with Gasteiger partial charge in [-0.1, -0.05) is 30.3 Å². The Bertz CT molecular complexity index is 700. The van der Waals surface area contributed by atoms with Gasteiger partial charge in [0, 0.05) is 17.6 Å². The van der Waals surface area contributed by atoms with Crippen LogP contribution in [0, 0.1) is 0 Å². The van der Waals surface area contributed by atoms with E-state index in [0.29, 0.717) is 13.2 Å². The standard InChI is InChI=1S/C19H30N2O3S/c1-18(2,3)20-14-17(21(19(4,5)6)25(20,22)23)12-13-24-15-16-10-8-7-9-11-16/h7-13,17H,14-15H2,1-6H3/b13-12+. The molecular formula is C19H30N2O3S. The smallest absolute Gasteiger partial charge is 0.283 e. The van der Waals surface area contributed by atoms with Gasteiger partial charge in [-0.05, 0) is 53.2 Å². The average Bonchev–Trinajstić information content (AvgIpc) is 2.75. The summed E-state index contributed by atoms with van der Waals surface area (Å²) in [7, 11) is -3.52. The molecule has 0 spiro atoms. The van der Waals surface area contributed by atoms with E-state index in [9.17, 15) is 8.42 Å². The Morgan fingerprint density at radius 1 is 1.08 bits per heavy atom. The van der Waals surface area contributed by atoms with Crippen molar-refractivity contribution in [1.29, 1.82) is 0 Å². The highest BCUT2D eigenvalue weighted by Gasteiger charge is 2.51. The summed E-state index contributed by atoms with van der Waals surface area (Å²) in [4.78, 5) is 0. The SMILES string of the molecule is CC(C)(C)N1CC(/C=C/OCc2ccccc2)N(C(C)(C)C)S1(=O)=O. The monoisotopic (exact) mass is 366 g/mol. The molecule has 0 amide bonds. The molecule has 6 heteroatoms. The van der Waals surface area contributed by atoms with Gasteiger partial charge in [-0.2, -0.15) is 17.0 Å². The Labute approximate surface area is 152 Å². The lowest BCUT2D eigenvalue weighted by Crippen LogP contribution is -2.50. The number of hydrogen-bond acceptors (Lipinski definition) is 3. The van der Waals surface area contributed by atoms with Crippen LogP contribution in [0.2, 0.25) is 0 Å². The molecule has 0 aromatic heterocycles. The molecule has 1 heterocycles. The lowest BCUT2D eigenvalue weighted by atomic mass is 10.1. The normalized spacial score (nSPS) is 22.6. The second-order valence-electron chi connectivity index (χ2n) is 8.37. The first-order chi connectivity index (χ1) is 11.4. The van der Waals surface area contributed by atoms with Crippen LogP contribution >= 0.6 is 0 Å². The summed E-state index contributed by atoms with van der Waals surface area (Å²) < 4.78 is 34.8. The third-order valence-electron chi connectivity index (χ3n) is 4.08. The molecular weight excluding hydrogens is 336 g/mol. The number of hydrogen-bond donors (Lipinski definition) is 0. The molecule has 0 bridgehead atoms. The fourth-order valence-corrected chi connectivity index (χ4v) is 5.50. The zero-order valence-electron chi connectivity index (χ0n) is 16.1. The molecule has 25 heavy (non-hydrogen) atoms. The number of rotatable bonds is 4. The van der Waals surface area contributed by atoms with Crippen LogP contribution in [0.3, 0.4) is 0 Å². The largest absolute Gasteiger partial charge is 0.497 e. The minimum absolute atomic E-state index is 0.250. The van der Waals surface area contributed by atoms with Crippen molar-refractivity contribution < 1.29 is 13.2 Å². The molecule has 0 saturated carbocycles. The number of benzene rings is 1. The van der Waals surface area contributed by atoms with Gasteiger partial charge in [-0.3, -0.25) is 0 Å². The molecule has 1 fully saturated rings. The molecule has 0 N–H and O–H groups in total. The lowest BCUT2D eigenvalue weighted by molar-refractivity contribution is 0.213. The predicted octanol–water partition coefficient (Wildman–Crippen LogP) is 3.54. The van der Waals surface area contributed by atoms with Gasteiger partial charge in [-0.15, -0.1) is 0 Å². The molecule has 1 aliphatic rings. The Hall–Kier alpha value is -1.37. The minimum atomic E-state index is -3.52. The molecule has 2 rings (SSSR count). The molecule has 0 aliphatic carbocycles. The van der Waals surface area contributed by atoms with Gasteiger partial charge < -0.3 is 4.74 Å². The van der Waals surface area contributed by atoms with Crippen molar-refractivity contribution in [3.8, 4) is 0 Å². The van der Waals surface area contributed by atoms with Crippen LogP contribution in [0.1, 0.15) is 47.1 Å². The number of ether oxygens (including phenoxy) is 1. The van der Waals surface area contributed by atoms with E-state index in [1.807, 2.05) is 78.0 Å². The van der Waals surface area contributed by atoms with E-state index < -0.39 is 21.3 Å². The van der Waals surface area contributed by atoms with Gasteiger partial charge in [0.25, 0.3) is 10.2 Å². The van der Waals surface area contributed by atoms with Gasteiger partial charge in [-0.25, -0.2) is 0 Å². The first-order valence-electron chi connectivity index (χ1n) is 8.58. The van der Waals surface area contributed by atoms with E-state index >= 15 is 0 Å². The Balaban J connectivity index is 2.16. The summed E-state index contributed by atoms with van der Waals surface area (Å²) in [6.45, 7) is 12.4. The molecule has 5 nitrogen and oxygen atoms in total. The highest BCUT2D eigenvalue weighted by molar-refractivity contribution is 7.87. The van der Waals surface area contributed by atoms with Gasteiger partial charge in [0.2, 0.25) is 0 Å². The third-order valence-corrected chi connectivity index (χ3v) is 6.65. The molecule has 1 atom stereocenters. The molecule has 140 valence electrons. The molecule has 1 aromatic rings. The van der Waals surface area contributed by atoms with Crippen LogP contribution in [0.15, 0.2) is 42.7 Å². The van der Waals surface area contributed by atoms with Crippen LogP contribution in [0.5, 0.6) is 0 Å². The first kappa shape index (κ1) is 19.9. The van der Waals surface area contributed by atoms with E-state index in [1.54, 1.807) is 14.9 Å². The van der Waals surface area contributed by atoms with Crippen molar-refractivity contribution in [2.75, 3.05) is 6.54 Å². The van der Waals surface area contributed by atoms with E-state index in [-0.39, 0.29) is 6.04 Å². The maximum absolute atomic E-state index is 13.0. The molecule has 1 unspecified atom stereocenters. The van der Waals surface area contributed by atoms with Crippen molar-refractivity contribution in [2.45, 2.75) is 65.3 Å². The van der Waals surface area contributed by atoms with E-state index in [1.165, 1.54) is 0 Å². The second kappa shape index (κ2) is 7.09. The van der Waals surface area contributed by atoms with Crippen LogP contribution in [0.25, 0.3) is 0 Å². The van der Waals surface area contributed by atoms with Crippen LogP contribution in [-0.4, -0.2) is 40.7 Å². The predicted molar refractivity (Wildman–Crippen MR) is 101 cm³/mol. The summed E-state index contributed by atoms with van der Waals surface area (Å²) >= 11 is 0. The van der Waals surface area contributed by atoms with Crippen LogP contribution in [0.4, 0.5) is 0 Å². The van der Waals surface area contributed by atoms with Gasteiger partial charge in [0.1, 0.15) is 6.61 Å². The zero-order chi connectivity index (χ0) is 18.9. The minimum Gasteiger partial charge on any atom is -0.497 e. The summed E-state index contributed by atoms with van der Waals surface area (Å²) in [5.41, 5.74) is 0.110. The molecule has 0 radical (unpaired) electrons. The fraction of sp³-hybridized carbons (Fsp3) is 0.579. The highest BCUT2D eigenvalue weighted by atomic mass is 32.2. The molecule has 1 saturated heterocycles. The summed E-state index contributed by atoms with van der Waals surface area (Å²) in [5.74, 6) is 0. The first-order valence-corrected chi connectivity index (χ1v) is 9.98. The van der Waals surface area contributed by atoms with Gasteiger partial charge >= 0.3 is 0 Å². The van der Waals surface area contributed by atoms with Crippen molar-refractivity contribution in [3.05, 3.63) is 48.2 Å². The number of nitrogens with zero attached hydrogens (tertiary/aromatic N) is 2. The average molecular weight is 367 g/mol. The summed E-state index contributed by atoms with van der Waals surface area (Å²) in [6, 6.07) is 9.64. The molecule has 1 aromatic carbocycles. The second-order valence-corrected chi connectivity index (χ2v) is 10.1. The van der Waals surface area contributed by atoms with E-state index in [0.717, 1.165) is 5.56 Å². The fourth-order valence-electron chi connectivity index (χ4n) is 3.08. The van der Waals surface area contributed by atoms with Gasteiger partial charge in [0.15, 0.2) is 0 Å². The van der Waals surface area contributed by atoms with Crippen LogP contribution in [-0.2, 0) is 21.6 Å². The van der Waals surface area contributed by atoms with Crippen molar-refractivity contribution in [1.82, 2.24) is 8.61 Å². The van der Waals surface area contributed by atoms with Crippen molar-refractivity contribution in [3.63, 3.8) is 0 Å². The Morgan fingerprint density at radius 3 is 2.20 bits per heavy atom. The summed E-state index contributed by atoms with van der Waals surface area (Å²) in [6.07, 6.45) is 3.47. The topological polar surface area (TPSA) is 49.9 Å². The third kappa shape index (κ3) is 4.63. The quantitative estimate of drug-likeness (QED) is 0.766. The maximum Gasteiger partial charge on any atom is 0.283 e. The van der Waals surface area contributed by atoms with Crippen LogP contribution < -0.4 is 0 Å². The Morgan fingerprint density at radius 2 is 1.68 bits per heavy atom. The van der Waals surface area contributed by atoms with E-state index in [2.05, 4.69) is 0 Å². The van der Waals surface area contributed by atoms with E-state index in [4.69, 9.17) is 4.74 Å². The van der Waals surface area contributed by atoms with Gasteiger partial charge in [0.05, 0.1) is 12.3 Å². The Kier molecular flexibility index (Phi) is 5.66. The van der Waals surface area contributed by atoms with Crippen molar-refractivity contribution >= 4 is 10.2 Å².